The van der Waals surface area contributed by atoms with E-state index in [4.69, 9.17) is 12.2 Å². The van der Waals surface area contributed by atoms with Crippen molar-refractivity contribution >= 4 is 40.5 Å². The molecule has 0 bridgehead atoms. The topological polar surface area (TPSA) is 36.4 Å². The van der Waals surface area contributed by atoms with Crippen molar-refractivity contribution in [1.82, 2.24) is 5.43 Å². The van der Waals surface area contributed by atoms with Gasteiger partial charge in [-0.05, 0) is 49.8 Å². The van der Waals surface area contributed by atoms with E-state index in [2.05, 4.69) is 15.8 Å². The predicted molar refractivity (Wildman–Crippen MR) is 81.1 cm³/mol. The Bertz CT molecular complexity index is 447. The molecule has 0 atom stereocenters. The summed E-state index contributed by atoms with van der Waals surface area (Å²) in [7, 11) is 0. The highest BCUT2D eigenvalue weighted by Crippen LogP contribution is 2.26. The summed E-state index contributed by atoms with van der Waals surface area (Å²) in [6, 6.07) is 6.61. The molecule has 104 valence electrons. The van der Waals surface area contributed by atoms with Crippen LogP contribution >= 0.6 is 24.0 Å². The number of nitrogens with zero attached hydrogens (tertiary/aromatic N) is 1. The van der Waals surface area contributed by atoms with Crippen molar-refractivity contribution < 1.29 is 8.78 Å². The van der Waals surface area contributed by atoms with Gasteiger partial charge in [0.05, 0.1) is 0 Å². The second kappa shape index (κ2) is 8.06. The third kappa shape index (κ3) is 6.49. The number of hydrogen-bond acceptors (Lipinski definition) is 3. The first-order valence-electron chi connectivity index (χ1n) is 5.66. The van der Waals surface area contributed by atoms with Gasteiger partial charge < -0.3 is 5.32 Å². The van der Waals surface area contributed by atoms with Gasteiger partial charge in [-0.15, -0.1) is 0 Å². The fraction of sp³-hybridized carbons (Fsp3) is 0.333. The molecule has 1 aromatic rings. The van der Waals surface area contributed by atoms with Crippen LogP contribution in [0.2, 0.25) is 0 Å². The van der Waals surface area contributed by atoms with Gasteiger partial charge in [0.2, 0.25) is 0 Å². The zero-order chi connectivity index (χ0) is 14.3. The van der Waals surface area contributed by atoms with Gasteiger partial charge in [-0.3, -0.25) is 5.43 Å². The molecule has 0 unspecified atom stereocenters. The van der Waals surface area contributed by atoms with Crippen molar-refractivity contribution in [2.75, 3.05) is 5.32 Å². The van der Waals surface area contributed by atoms with Crippen LogP contribution in [0.5, 0.6) is 0 Å². The highest BCUT2D eigenvalue weighted by molar-refractivity contribution is 7.99. The summed E-state index contributed by atoms with van der Waals surface area (Å²) in [6.07, 6.45) is 0.842. The molecule has 0 saturated heterocycles. The van der Waals surface area contributed by atoms with E-state index in [0.717, 1.165) is 17.8 Å². The average molecular weight is 303 g/mol. The fourth-order valence-corrected chi connectivity index (χ4v) is 1.77. The maximum absolute atomic E-state index is 12.1. The summed E-state index contributed by atoms with van der Waals surface area (Å²) >= 11 is 5.56. The van der Waals surface area contributed by atoms with Gasteiger partial charge in [0.15, 0.2) is 5.11 Å². The van der Waals surface area contributed by atoms with Crippen molar-refractivity contribution in [2.24, 2.45) is 5.10 Å². The van der Waals surface area contributed by atoms with E-state index in [1.54, 1.807) is 24.3 Å². The predicted octanol–water partition coefficient (Wildman–Crippen LogP) is 4.07. The van der Waals surface area contributed by atoms with Crippen molar-refractivity contribution in [3.63, 3.8) is 0 Å². The molecule has 0 aromatic heterocycles. The number of rotatable bonds is 5. The third-order valence-electron chi connectivity index (χ3n) is 2.20. The van der Waals surface area contributed by atoms with Crippen LogP contribution in [0, 0.1) is 0 Å². The minimum absolute atomic E-state index is 0.363. The molecule has 0 radical (unpaired) electrons. The summed E-state index contributed by atoms with van der Waals surface area (Å²) in [5, 5.41) is 7.34. The zero-order valence-corrected chi connectivity index (χ0v) is 12.2. The van der Waals surface area contributed by atoms with E-state index in [1.807, 2.05) is 13.8 Å². The second-order valence-corrected chi connectivity index (χ2v) is 5.14. The van der Waals surface area contributed by atoms with E-state index in [9.17, 15) is 8.78 Å². The van der Waals surface area contributed by atoms with Gasteiger partial charge in [0.1, 0.15) is 0 Å². The lowest BCUT2D eigenvalue weighted by Gasteiger charge is -2.08. The molecule has 0 spiro atoms. The first kappa shape index (κ1) is 15.8. The molecular formula is C12H15F2N3S2. The minimum Gasteiger partial charge on any atom is -0.331 e. The standard InChI is InChI=1S/C12H15F2N3S2/c1-3-8(2)16-17-12(18)15-9-4-6-10(7-5-9)19-11(13)14/h4-7,11H,3H2,1-2H3,(H2,15,17,18)/b16-8-. The molecule has 0 aliphatic rings. The Hall–Kier alpha value is -1.21. The molecule has 1 aromatic carbocycles. The largest absolute Gasteiger partial charge is 0.331 e. The molecule has 0 heterocycles. The molecule has 0 amide bonds. The Balaban J connectivity index is 2.51. The SMILES string of the molecule is CC/C(C)=N\NC(=S)Nc1ccc(SC(F)F)cc1. The van der Waals surface area contributed by atoms with Crippen LogP contribution in [0.15, 0.2) is 34.3 Å². The Morgan fingerprint density at radius 1 is 1.37 bits per heavy atom. The van der Waals surface area contributed by atoms with Crippen LogP contribution in [-0.4, -0.2) is 16.6 Å². The maximum Gasteiger partial charge on any atom is 0.288 e. The van der Waals surface area contributed by atoms with Gasteiger partial charge in [0, 0.05) is 16.3 Å². The number of halogens is 2. The Morgan fingerprint density at radius 3 is 2.53 bits per heavy atom. The Labute approximate surface area is 120 Å². The molecule has 0 aliphatic carbocycles. The van der Waals surface area contributed by atoms with Crippen molar-refractivity contribution in [3.05, 3.63) is 24.3 Å². The lowest BCUT2D eigenvalue weighted by molar-refractivity contribution is 0.252. The van der Waals surface area contributed by atoms with Crippen molar-refractivity contribution in [1.29, 1.82) is 0 Å². The summed E-state index contributed by atoms with van der Waals surface area (Å²) in [5.74, 6) is -2.41. The number of anilines is 1. The second-order valence-electron chi connectivity index (χ2n) is 3.67. The Morgan fingerprint density at radius 2 is 2.00 bits per heavy atom. The smallest absolute Gasteiger partial charge is 0.288 e. The van der Waals surface area contributed by atoms with Crippen LogP contribution in [0.3, 0.4) is 0 Å². The number of thiocarbonyl (C=S) groups is 1. The minimum atomic E-state index is -2.41. The number of hydrogen-bond donors (Lipinski definition) is 2. The number of thioether (sulfide) groups is 1. The summed E-state index contributed by atoms with van der Waals surface area (Å²) < 4.78 is 24.3. The monoisotopic (exact) mass is 303 g/mol. The number of hydrazone groups is 1. The van der Waals surface area contributed by atoms with Crippen molar-refractivity contribution in [3.8, 4) is 0 Å². The molecule has 7 heteroatoms. The van der Waals surface area contributed by atoms with Crippen LogP contribution in [-0.2, 0) is 0 Å². The maximum atomic E-state index is 12.1. The summed E-state index contributed by atoms with van der Waals surface area (Å²) in [4.78, 5) is 0.513. The molecule has 3 nitrogen and oxygen atoms in total. The van der Waals surface area contributed by atoms with E-state index in [0.29, 0.717) is 21.8 Å². The zero-order valence-electron chi connectivity index (χ0n) is 10.6. The molecule has 0 saturated carbocycles. The number of nitrogens with one attached hydrogen (secondary N) is 2. The summed E-state index contributed by atoms with van der Waals surface area (Å²) in [6.45, 7) is 3.89. The van der Waals surface area contributed by atoms with Gasteiger partial charge in [-0.2, -0.15) is 13.9 Å². The lowest BCUT2D eigenvalue weighted by atomic mass is 10.3. The van der Waals surface area contributed by atoms with Crippen LogP contribution in [0.1, 0.15) is 20.3 Å². The first-order chi connectivity index (χ1) is 9.01. The molecule has 1 rings (SSSR count). The fourth-order valence-electron chi connectivity index (χ4n) is 1.10. The van der Waals surface area contributed by atoms with E-state index in [-0.39, 0.29) is 0 Å². The third-order valence-corrected chi connectivity index (χ3v) is 3.11. The average Bonchev–Trinajstić information content (AvgIpc) is 2.37. The van der Waals surface area contributed by atoms with E-state index in [1.165, 1.54) is 0 Å². The quantitative estimate of drug-likeness (QED) is 0.372. The van der Waals surface area contributed by atoms with Gasteiger partial charge in [-0.1, -0.05) is 18.7 Å². The highest BCUT2D eigenvalue weighted by Gasteiger charge is 2.05. The molecule has 19 heavy (non-hydrogen) atoms. The van der Waals surface area contributed by atoms with Crippen LogP contribution < -0.4 is 10.7 Å². The van der Waals surface area contributed by atoms with E-state index >= 15 is 0 Å². The molecule has 2 N–H and O–H groups in total. The summed E-state index contributed by atoms with van der Waals surface area (Å²) in [5.41, 5.74) is 4.37. The molecular weight excluding hydrogens is 288 g/mol. The van der Waals surface area contributed by atoms with Crippen molar-refractivity contribution in [2.45, 2.75) is 30.9 Å². The molecule has 0 aliphatic heterocycles. The van der Waals surface area contributed by atoms with Gasteiger partial charge in [0.25, 0.3) is 5.76 Å². The Kier molecular flexibility index (Phi) is 6.72. The first-order valence-corrected chi connectivity index (χ1v) is 6.95. The van der Waals surface area contributed by atoms with Gasteiger partial charge >= 0.3 is 0 Å². The number of alkyl halides is 2. The van der Waals surface area contributed by atoms with E-state index < -0.39 is 5.76 Å². The normalized spacial score (nSPS) is 11.5. The van der Waals surface area contributed by atoms with Crippen LogP contribution in [0.4, 0.5) is 14.5 Å². The molecule has 0 fully saturated rings. The lowest BCUT2D eigenvalue weighted by Crippen LogP contribution is -2.24. The number of benzene rings is 1. The van der Waals surface area contributed by atoms with Gasteiger partial charge in [-0.25, -0.2) is 0 Å². The highest BCUT2D eigenvalue weighted by atomic mass is 32.2. The van der Waals surface area contributed by atoms with Crippen LogP contribution in [0.25, 0.3) is 0 Å².